The number of nitrogens with zero attached hydrogens (tertiary/aromatic N) is 2. The maximum absolute atomic E-state index is 13.3. The predicted octanol–water partition coefficient (Wildman–Crippen LogP) is 2.40. The third kappa shape index (κ3) is 6.29. The van der Waals surface area contributed by atoms with E-state index >= 15 is 0 Å². The van der Waals surface area contributed by atoms with Crippen LogP contribution in [0.4, 0.5) is 4.39 Å². The summed E-state index contributed by atoms with van der Waals surface area (Å²) in [6.07, 6.45) is 1.56. The van der Waals surface area contributed by atoms with E-state index in [1.165, 1.54) is 23.9 Å². The lowest BCUT2D eigenvalue weighted by molar-refractivity contribution is -0.137. The monoisotopic (exact) mass is 382 g/mol. The Bertz CT molecular complexity index is 627. The topological polar surface area (TPSA) is 49.9 Å². The van der Waals surface area contributed by atoms with Crippen LogP contribution in [-0.4, -0.2) is 65.9 Å². The van der Waals surface area contributed by atoms with E-state index in [0.717, 1.165) is 5.56 Å². The number of thioether (sulfide) groups is 1. The van der Waals surface area contributed by atoms with Crippen LogP contribution in [0.1, 0.15) is 19.4 Å². The number of amides is 2. The summed E-state index contributed by atoms with van der Waals surface area (Å²) < 4.78 is 19.3. The van der Waals surface area contributed by atoms with Crippen LogP contribution in [0.25, 0.3) is 0 Å². The van der Waals surface area contributed by atoms with Crippen molar-refractivity contribution in [2.45, 2.75) is 26.6 Å². The lowest BCUT2D eigenvalue weighted by Gasteiger charge is -2.26. The first kappa shape index (κ1) is 20.7. The molecule has 0 spiro atoms. The summed E-state index contributed by atoms with van der Waals surface area (Å²) in [4.78, 5) is 28.2. The van der Waals surface area contributed by atoms with Gasteiger partial charge in [0.05, 0.1) is 25.0 Å². The molecule has 1 fully saturated rings. The minimum atomic E-state index is -0.305. The molecule has 1 atom stereocenters. The molecule has 0 radical (unpaired) electrons. The minimum Gasteiger partial charge on any atom is -0.370 e. The van der Waals surface area contributed by atoms with E-state index in [2.05, 4.69) is 13.8 Å². The molecule has 1 saturated heterocycles. The van der Waals surface area contributed by atoms with E-state index in [4.69, 9.17) is 4.74 Å². The molecule has 2 amide bonds. The summed E-state index contributed by atoms with van der Waals surface area (Å²) in [5.41, 5.74) is 0.734. The summed E-state index contributed by atoms with van der Waals surface area (Å²) in [5.74, 6) is 0.256. The fourth-order valence-electron chi connectivity index (χ4n) is 2.95. The van der Waals surface area contributed by atoms with Crippen LogP contribution in [0, 0.1) is 11.7 Å². The Balaban J connectivity index is 2.09. The first-order chi connectivity index (χ1) is 12.4. The molecule has 144 valence electrons. The first-order valence-corrected chi connectivity index (χ1v) is 10.2. The molecule has 7 heteroatoms. The van der Waals surface area contributed by atoms with E-state index in [1.54, 1.807) is 21.9 Å². The molecule has 0 N–H and O–H groups in total. The highest BCUT2D eigenvalue weighted by Crippen LogP contribution is 2.14. The number of carbonyl (C=O) groups excluding carboxylic acids is 2. The molecule has 1 aliphatic rings. The van der Waals surface area contributed by atoms with Crippen molar-refractivity contribution in [3.05, 3.63) is 35.6 Å². The van der Waals surface area contributed by atoms with Crippen molar-refractivity contribution in [3.63, 3.8) is 0 Å². The molecular formula is C19H27FN2O3S. The zero-order valence-corrected chi connectivity index (χ0v) is 16.4. The van der Waals surface area contributed by atoms with Crippen LogP contribution in [-0.2, 0) is 20.9 Å². The molecular weight excluding hydrogens is 355 g/mol. The third-order valence-corrected chi connectivity index (χ3v) is 4.64. The number of benzene rings is 1. The Morgan fingerprint density at radius 3 is 2.81 bits per heavy atom. The van der Waals surface area contributed by atoms with Crippen LogP contribution in [0.5, 0.6) is 0 Å². The van der Waals surface area contributed by atoms with Gasteiger partial charge in [0, 0.05) is 19.6 Å². The highest BCUT2D eigenvalue weighted by atomic mass is 32.2. The first-order valence-electron chi connectivity index (χ1n) is 8.79. The van der Waals surface area contributed by atoms with Gasteiger partial charge in [-0.05, 0) is 29.9 Å². The van der Waals surface area contributed by atoms with Crippen LogP contribution in [0.15, 0.2) is 24.3 Å². The molecule has 26 heavy (non-hydrogen) atoms. The lowest BCUT2D eigenvalue weighted by Crippen LogP contribution is -2.41. The Morgan fingerprint density at radius 1 is 1.38 bits per heavy atom. The highest BCUT2D eigenvalue weighted by Gasteiger charge is 2.30. The maximum Gasteiger partial charge on any atom is 0.242 e. The molecule has 1 heterocycles. The van der Waals surface area contributed by atoms with Gasteiger partial charge >= 0.3 is 0 Å². The second kappa shape index (κ2) is 9.92. The van der Waals surface area contributed by atoms with Crippen molar-refractivity contribution in [2.24, 2.45) is 5.92 Å². The van der Waals surface area contributed by atoms with Gasteiger partial charge < -0.3 is 14.5 Å². The van der Waals surface area contributed by atoms with Crippen molar-refractivity contribution >= 4 is 23.6 Å². The fourth-order valence-corrected chi connectivity index (χ4v) is 3.38. The SMILES string of the molecule is CSCC(=O)N1CC(=O)N(CC(C)C)CC(OCc2cccc(F)c2)C1. The summed E-state index contributed by atoms with van der Waals surface area (Å²) in [5, 5.41) is 0. The molecule has 2 rings (SSSR count). The smallest absolute Gasteiger partial charge is 0.242 e. The maximum atomic E-state index is 13.3. The van der Waals surface area contributed by atoms with E-state index in [1.807, 2.05) is 6.26 Å². The molecule has 0 saturated carbocycles. The van der Waals surface area contributed by atoms with E-state index in [0.29, 0.717) is 31.3 Å². The number of halogens is 1. The Hall–Kier alpha value is -1.60. The van der Waals surface area contributed by atoms with Gasteiger partial charge in [0.1, 0.15) is 5.82 Å². The molecule has 1 aromatic rings. The third-order valence-electron chi connectivity index (χ3n) is 4.11. The average Bonchev–Trinajstić information content (AvgIpc) is 2.72. The summed E-state index contributed by atoms with van der Waals surface area (Å²) in [6, 6.07) is 6.27. The van der Waals surface area contributed by atoms with Crippen molar-refractivity contribution < 1.29 is 18.7 Å². The number of hydrogen-bond donors (Lipinski definition) is 0. The van der Waals surface area contributed by atoms with Crippen LogP contribution in [0.2, 0.25) is 0 Å². The second-order valence-electron chi connectivity index (χ2n) is 6.96. The Kier molecular flexibility index (Phi) is 7.90. The zero-order chi connectivity index (χ0) is 19.1. The normalized spacial score (nSPS) is 18.3. The Morgan fingerprint density at radius 2 is 2.15 bits per heavy atom. The van der Waals surface area contributed by atoms with Gasteiger partial charge in [0.15, 0.2) is 0 Å². The summed E-state index contributed by atoms with van der Waals surface area (Å²) >= 11 is 1.44. The summed E-state index contributed by atoms with van der Waals surface area (Å²) in [6.45, 7) is 5.88. The van der Waals surface area contributed by atoms with Crippen molar-refractivity contribution in [3.8, 4) is 0 Å². The fraction of sp³-hybridized carbons (Fsp3) is 0.579. The standard InChI is InChI=1S/C19H27FN2O3S/c1-14(2)8-21-9-17(25-12-15-5-4-6-16(20)7-15)10-22(11-18(21)23)19(24)13-26-3/h4-7,14,17H,8-13H2,1-3H3. The van der Waals surface area contributed by atoms with Crippen molar-refractivity contribution in [1.29, 1.82) is 0 Å². The van der Waals surface area contributed by atoms with Gasteiger partial charge in [-0.15, -0.1) is 0 Å². The van der Waals surface area contributed by atoms with Crippen molar-refractivity contribution in [1.82, 2.24) is 9.80 Å². The van der Waals surface area contributed by atoms with Gasteiger partial charge in [0.2, 0.25) is 11.8 Å². The zero-order valence-electron chi connectivity index (χ0n) is 15.6. The van der Waals surface area contributed by atoms with Crippen LogP contribution in [0.3, 0.4) is 0 Å². The molecule has 0 aliphatic carbocycles. The largest absolute Gasteiger partial charge is 0.370 e. The highest BCUT2D eigenvalue weighted by molar-refractivity contribution is 7.99. The van der Waals surface area contributed by atoms with Gasteiger partial charge in [-0.1, -0.05) is 26.0 Å². The van der Waals surface area contributed by atoms with Gasteiger partial charge in [-0.25, -0.2) is 4.39 Å². The van der Waals surface area contributed by atoms with Crippen LogP contribution >= 0.6 is 11.8 Å². The molecule has 0 aromatic heterocycles. The predicted molar refractivity (Wildman–Crippen MR) is 101 cm³/mol. The van der Waals surface area contributed by atoms with Gasteiger partial charge in [0.25, 0.3) is 0 Å². The Labute approximate surface area is 158 Å². The number of ether oxygens (including phenoxy) is 1. The van der Waals surface area contributed by atoms with E-state index in [-0.39, 0.29) is 36.9 Å². The molecule has 1 aromatic carbocycles. The van der Waals surface area contributed by atoms with Gasteiger partial charge in [-0.2, -0.15) is 11.8 Å². The lowest BCUT2D eigenvalue weighted by atomic mass is 10.2. The van der Waals surface area contributed by atoms with Crippen LogP contribution < -0.4 is 0 Å². The van der Waals surface area contributed by atoms with Crippen molar-refractivity contribution in [2.75, 3.05) is 38.2 Å². The minimum absolute atomic E-state index is 0.0509. The van der Waals surface area contributed by atoms with E-state index < -0.39 is 0 Å². The van der Waals surface area contributed by atoms with Gasteiger partial charge in [-0.3, -0.25) is 9.59 Å². The quantitative estimate of drug-likeness (QED) is 0.727. The molecule has 1 unspecified atom stereocenters. The number of hydrogen-bond acceptors (Lipinski definition) is 4. The summed E-state index contributed by atoms with van der Waals surface area (Å²) in [7, 11) is 0. The molecule has 0 bridgehead atoms. The number of rotatable bonds is 7. The second-order valence-corrected chi connectivity index (χ2v) is 7.83. The van der Waals surface area contributed by atoms with E-state index in [9.17, 15) is 14.0 Å². The molecule has 1 aliphatic heterocycles. The average molecular weight is 383 g/mol. The number of carbonyl (C=O) groups is 2. The molecule has 5 nitrogen and oxygen atoms in total.